The molecule has 3 saturated heterocycles. The maximum Gasteiger partial charge on any atom is 0.314 e. The molecule has 1 N–H and O–H groups in total. The summed E-state index contributed by atoms with van der Waals surface area (Å²) in [7, 11) is 0. The van der Waals surface area contributed by atoms with Gasteiger partial charge in [-0.05, 0) is 61.7 Å². The molecule has 4 fully saturated rings. The highest BCUT2D eigenvalue weighted by atomic mass is 16.4. The van der Waals surface area contributed by atoms with Crippen molar-refractivity contribution < 1.29 is 9.90 Å². The van der Waals surface area contributed by atoms with Gasteiger partial charge >= 0.3 is 5.97 Å². The minimum absolute atomic E-state index is 0.617. The molecule has 5 rings (SSSR count). The molecule has 1 aliphatic carbocycles. The molecule has 118 valence electrons. The second kappa shape index (κ2) is 5.38. The van der Waals surface area contributed by atoms with Crippen LogP contribution in [0.1, 0.15) is 55.6 Å². The zero-order valence-corrected chi connectivity index (χ0v) is 13.1. The van der Waals surface area contributed by atoms with Gasteiger partial charge in [-0.15, -0.1) is 0 Å². The van der Waals surface area contributed by atoms with Crippen LogP contribution < -0.4 is 0 Å². The van der Waals surface area contributed by atoms with Crippen molar-refractivity contribution in [3.8, 4) is 0 Å². The molecule has 3 heterocycles. The quantitative estimate of drug-likeness (QED) is 0.930. The smallest absolute Gasteiger partial charge is 0.314 e. The van der Waals surface area contributed by atoms with Crippen LogP contribution in [0.2, 0.25) is 0 Å². The standard InChI is InChI=1S/C19H25NO2/c21-18(22)19(9-1-2-10-19)16-5-3-14(4-6-16)17-13-20-11-7-15(17)8-12-20/h3-6,15,17H,1-2,7-13H2,(H,21,22). The summed E-state index contributed by atoms with van der Waals surface area (Å²) in [5.41, 5.74) is 1.81. The van der Waals surface area contributed by atoms with Crippen LogP contribution >= 0.6 is 0 Å². The molecule has 22 heavy (non-hydrogen) atoms. The first-order valence-corrected chi connectivity index (χ1v) is 8.75. The summed E-state index contributed by atoms with van der Waals surface area (Å²) in [6, 6.07) is 8.63. The molecule has 4 aliphatic rings. The van der Waals surface area contributed by atoms with Gasteiger partial charge < -0.3 is 10.0 Å². The number of rotatable bonds is 3. The Morgan fingerprint density at radius 2 is 1.73 bits per heavy atom. The van der Waals surface area contributed by atoms with Crippen molar-refractivity contribution >= 4 is 5.97 Å². The first-order chi connectivity index (χ1) is 10.7. The van der Waals surface area contributed by atoms with Crippen LogP contribution in [0.4, 0.5) is 0 Å². The summed E-state index contributed by atoms with van der Waals surface area (Å²) in [5, 5.41) is 9.71. The summed E-state index contributed by atoms with van der Waals surface area (Å²) in [5.74, 6) is 0.845. The van der Waals surface area contributed by atoms with Gasteiger partial charge in [0.2, 0.25) is 0 Å². The Bertz CT molecular complexity index is 551. The van der Waals surface area contributed by atoms with Crippen LogP contribution in [0.5, 0.6) is 0 Å². The lowest BCUT2D eigenvalue weighted by molar-refractivity contribution is -0.143. The first kappa shape index (κ1) is 14.3. The number of benzene rings is 1. The highest BCUT2D eigenvalue weighted by Crippen LogP contribution is 2.43. The fourth-order valence-electron chi connectivity index (χ4n) is 5.00. The summed E-state index contributed by atoms with van der Waals surface area (Å²) < 4.78 is 0. The SMILES string of the molecule is O=C(O)C1(c2ccc(C3CN4CCC3CC4)cc2)CCCC1. The normalized spacial score (nSPS) is 33.0. The molecule has 0 aromatic heterocycles. The van der Waals surface area contributed by atoms with Gasteiger partial charge in [-0.3, -0.25) is 4.79 Å². The van der Waals surface area contributed by atoms with E-state index in [-0.39, 0.29) is 0 Å². The van der Waals surface area contributed by atoms with Crippen LogP contribution in [0, 0.1) is 5.92 Å². The minimum Gasteiger partial charge on any atom is -0.481 e. The van der Waals surface area contributed by atoms with Gasteiger partial charge in [0.05, 0.1) is 5.41 Å². The Balaban J connectivity index is 1.59. The van der Waals surface area contributed by atoms with Gasteiger partial charge in [-0.1, -0.05) is 37.1 Å². The lowest BCUT2D eigenvalue weighted by Crippen LogP contribution is -2.46. The van der Waals surface area contributed by atoms with E-state index in [1.807, 2.05) is 0 Å². The van der Waals surface area contributed by atoms with Gasteiger partial charge in [-0.2, -0.15) is 0 Å². The third-order valence-electron chi connectivity index (χ3n) is 6.41. The van der Waals surface area contributed by atoms with Crippen molar-refractivity contribution in [3.63, 3.8) is 0 Å². The molecule has 1 aromatic rings. The zero-order chi connectivity index (χ0) is 15.2. The van der Waals surface area contributed by atoms with Gasteiger partial charge in [0.15, 0.2) is 0 Å². The van der Waals surface area contributed by atoms with Crippen molar-refractivity contribution in [2.24, 2.45) is 5.92 Å². The largest absolute Gasteiger partial charge is 0.481 e. The van der Waals surface area contributed by atoms with E-state index in [1.165, 1.54) is 38.0 Å². The zero-order valence-electron chi connectivity index (χ0n) is 13.1. The first-order valence-electron chi connectivity index (χ1n) is 8.75. The number of hydrogen-bond acceptors (Lipinski definition) is 2. The molecule has 3 aliphatic heterocycles. The van der Waals surface area contributed by atoms with Gasteiger partial charge in [-0.25, -0.2) is 0 Å². The van der Waals surface area contributed by atoms with Gasteiger partial charge in [0, 0.05) is 6.54 Å². The number of carboxylic acids is 1. The van der Waals surface area contributed by atoms with Gasteiger partial charge in [0.25, 0.3) is 0 Å². The Kier molecular flexibility index (Phi) is 3.48. The number of hydrogen-bond donors (Lipinski definition) is 1. The summed E-state index contributed by atoms with van der Waals surface area (Å²) >= 11 is 0. The highest BCUT2D eigenvalue weighted by Gasteiger charge is 2.43. The lowest BCUT2D eigenvalue weighted by Gasteiger charge is -2.45. The number of carbonyl (C=O) groups is 1. The van der Waals surface area contributed by atoms with Crippen molar-refractivity contribution in [2.45, 2.75) is 49.9 Å². The van der Waals surface area contributed by atoms with Crippen LogP contribution in [-0.2, 0) is 10.2 Å². The number of aliphatic carboxylic acids is 1. The molecule has 1 aromatic carbocycles. The van der Waals surface area contributed by atoms with E-state index < -0.39 is 11.4 Å². The highest BCUT2D eigenvalue weighted by molar-refractivity contribution is 5.81. The molecule has 0 amide bonds. The Morgan fingerprint density at radius 3 is 2.23 bits per heavy atom. The minimum atomic E-state index is -0.638. The van der Waals surface area contributed by atoms with Crippen LogP contribution in [0.15, 0.2) is 24.3 Å². The van der Waals surface area contributed by atoms with Crippen LogP contribution in [-0.4, -0.2) is 35.6 Å². The number of carboxylic acid groups (broad SMARTS) is 1. The number of nitrogens with zero attached hydrogens (tertiary/aromatic N) is 1. The Morgan fingerprint density at radius 1 is 1.09 bits per heavy atom. The van der Waals surface area contributed by atoms with Gasteiger partial charge in [0.1, 0.15) is 0 Å². The maximum absolute atomic E-state index is 11.8. The molecule has 3 nitrogen and oxygen atoms in total. The van der Waals surface area contributed by atoms with Crippen LogP contribution in [0.3, 0.4) is 0 Å². The predicted molar refractivity (Wildman–Crippen MR) is 86.1 cm³/mol. The fourth-order valence-corrected chi connectivity index (χ4v) is 5.00. The van der Waals surface area contributed by atoms with Crippen molar-refractivity contribution in [1.82, 2.24) is 4.90 Å². The summed E-state index contributed by atoms with van der Waals surface area (Å²) in [6.07, 6.45) is 6.31. The third-order valence-corrected chi connectivity index (χ3v) is 6.41. The summed E-state index contributed by atoms with van der Waals surface area (Å²) in [6.45, 7) is 3.72. The molecule has 0 radical (unpaired) electrons. The molecule has 1 atom stereocenters. The molecule has 2 bridgehead atoms. The Labute approximate surface area is 132 Å². The van der Waals surface area contributed by atoms with E-state index in [0.717, 1.165) is 37.2 Å². The molecular formula is C19H25NO2. The predicted octanol–water partition coefficient (Wildman–Crippen LogP) is 3.39. The van der Waals surface area contributed by atoms with E-state index in [9.17, 15) is 9.90 Å². The second-order valence-electron chi connectivity index (χ2n) is 7.46. The topological polar surface area (TPSA) is 40.5 Å². The molecular weight excluding hydrogens is 274 g/mol. The second-order valence-corrected chi connectivity index (χ2v) is 7.46. The van der Waals surface area contributed by atoms with Crippen LogP contribution in [0.25, 0.3) is 0 Å². The van der Waals surface area contributed by atoms with E-state index in [1.54, 1.807) is 0 Å². The fraction of sp³-hybridized carbons (Fsp3) is 0.632. The number of piperidine rings is 3. The monoisotopic (exact) mass is 299 g/mol. The third kappa shape index (κ3) is 2.18. The van der Waals surface area contributed by atoms with E-state index in [0.29, 0.717) is 5.92 Å². The van der Waals surface area contributed by atoms with E-state index in [4.69, 9.17) is 0 Å². The molecule has 3 heteroatoms. The lowest BCUT2D eigenvalue weighted by atomic mass is 9.74. The molecule has 1 saturated carbocycles. The molecule has 1 unspecified atom stereocenters. The average molecular weight is 299 g/mol. The summed E-state index contributed by atoms with van der Waals surface area (Å²) in [4.78, 5) is 14.4. The van der Waals surface area contributed by atoms with E-state index in [2.05, 4.69) is 29.2 Å². The van der Waals surface area contributed by atoms with Crippen molar-refractivity contribution in [1.29, 1.82) is 0 Å². The van der Waals surface area contributed by atoms with Crippen molar-refractivity contribution in [2.75, 3.05) is 19.6 Å². The van der Waals surface area contributed by atoms with E-state index >= 15 is 0 Å². The number of fused-ring (bicyclic) bond motifs is 3. The average Bonchev–Trinajstić information content (AvgIpc) is 3.07. The maximum atomic E-state index is 11.8. The Hall–Kier alpha value is -1.35. The van der Waals surface area contributed by atoms with Crippen molar-refractivity contribution in [3.05, 3.63) is 35.4 Å². The molecule has 0 spiro atoms.